The van der Waals surface area contributed by atoms with Crippen LogP contribution < -0.4 is 5.32 Å². The number of ether oxygens (including phenoxy) is 1. The van der Waals surface area contributed by atoms with Gasteiger partial charge < -0.3 is 20.3 Å². The highest BCUT2D eigenvalue weighted by molar-refractivity contribution is 5.76. The van der Waals surface area contributed by atoms with Crippen molar-refractivity contribution in [1.82, 2.24) is 5.32 Å². The van der Waals surface area contributed by atoms with Gasteiger partial charge in [-0.25, -0.2) is 0 Å². The Bertz CT molecular complexity index is 1010. The first-order valence-electron chi connectivity index (χ1n) is 29.1. The summed E-state index contributed by atoms with van der Waals surface area (Å²) in [6, 6.07) is -0.548. The number of carbonyl (C=O) groups is 2. The average Bonchev–Trinajstić information content (AvgIpc) is 3.31. The van der Waals surface area contributed by atoms with E-state index in [0.717, 1.165) is 70.6 Å². The maximum absolute atomic E-state index is 12.4. The molecule has 3 N–H and O–H groups in total. The van der Waals surface area contributed by atoms with Crippen molar-refractivity contribution < 1.29 is 24.5 Å². The van der Waals surface area contributed by atoms with E-state index in [2.05, 4.69) is 43.5 Å². The summed E-state index contributed by atoms with van der Waals surface area (Å²) in [6.45, 7) is 4.92. The van der Waals surface area contributed by atoms with Gasteiger partial charge in [0.15, 0.2) is 0 Å². The van der Waals surface area contributed by atoms with E-state index in [1.54, 1.807) is 0 Å². The van der Waals surface area contributed by atoms with Crippen LogP contribution in [0.5, 0.6) is 0 Å². The van der Waals surface area contributed by atoms with Crippen LogP contribution in [0.2, 0.25) is 0 Å². The van der Waals surface area contributed by atoms with Gasteiger partial charge in [-0.3, -0.25) is 9.59 Å². The van der Waals surface area contributed by atoms with E-state index in [1.165, 1.54) is 212 Å². The standard InChI is InChI=1S/C59H113NO5/c1-3-5-7-9-11-13-15-17-18-22-26-29-33-37-41-45-49-53-59(64)65-54-50-46-42-38-34-30-27-24-21-19-20-23-25-28-32-36-40-44-48-52-58(63)60-56(55-61)57(62)51-47-43-39-35-31-16-14-12-10-8-6-4-2/h24,27,30,34,56-57,61-62H,3-23,25-26,28-29,31-33,35-55H2,1-2H3,(H,60,63)/b27-24-,34-30-. The Morgan fingerprint density at radius 1 is 0.431 bits per heavy atom. The predicted molar refractivity (Wildman–Crippen MR) is 283 cm³/mol. The highest BCUT2D eigenvalue weighted by Crippen LogP contribution is 2.17. The van der Waals surface area contributed by atoms with Gasteiger partial charge >= 0.3 is 5.97 Å². The van der Waals surface area contributed by atoms with Crippen LogP contribution in [0, 0.1) is 0 Å². The fraction of sp³-hybridized carbons (Fsp3) is 0.898. The summed E-state index contributed by atoms with van der Waals surface area (Å²) in [7, 11) is 0. The topological polar surface area (TPSA) is 95.9 Å². The second-order valence-corrected chi connectivity index (χ2v) is 20.0. The third kappa shape index (κ3) is 51.6. The molecule has 65 heavy (non-hydrogen) atoms. The molecule has 1 amide bonds. The first kappa shape index (κ1) is 63.3. The quantitative estimate of drug-likeness (QED) is 0.0321. The molecule has 0 saturated heterocycles. The summed E-state index contributed by atoms with van der Waals surface area (Å²) in [6.07, 6.45) is 66.0. The molecule has 0 heterocycles. The lowest BCUT2D eigenvalue weighted by Gasteiger charge is -2.22. The van der Waals surface area contributed by atoms with Crippen molar-refractivity contribution in [2.45, 2.75) is 328 Å². The van der Waals surface area contributed by atoms with Crippen molar-refractivity contribution in [3.8, 4) is 0 Å². The van der Waals surface area contributed by atoms with Gasteiger partial charge in [-0.1, -0.05) is 269 Å². The van der Waals surface area contributed by atoms with Crippen molar-refractivity contribution in [3.05, 3.63) is 24.3 Å². The maximum Gasteiger partial charge on any atom is 0.305 e. The molecule has 6 nitrogen and oxygen atoms in total. The highest BCUT2D eigenvalue weighted by atomic mass is 16.5. The number of amides is 1. The molecule has 2 unspecified atom stereocenters. The lowest BCUT2D eigenvalue weighted by atomic mass is 10.0. The fourth-order valence-electron chi connectivity index (χ4n) is 9.04. The lowest BCUT2D eigenvalue weighted by molar-refractivity contribution is -0.143. The third-order valence-electron chi connectivity index (χ3n) is 13.5. The van der Waals surface area contributed by atoms with Crippen molar-refractivity contribution >= 4 is 11.9 Å². The number of carbonyl (C=O) groups excluding carboxylic acids is 2. The van der Waals surface area contributed by atoms with Gasteiger partial charge in [0.2, 0.25) is 5.91 Å². The summed E-state index contributed by atoms with van der Waals surface area (Å²) >= 11 is 0. The van der Waals surface area contributed by atoms with Crippen LogP contribution in [-0.2, 0) is 14.3 Å². The van der Waals surface area contributed by atoms with Crippen LogP contribution >= 0.6 is 0 Å². The number of aliphatic hydroxyl groups excluding tert-OH is 2. The molecule has 0 aromatic rings. The van der Waals surface area contributed by atoms with Crippen LogP contribution in [0.4, 0.5) is 0 Å². The molecule has 2 atom stereocenters. The van der Waals surface area contributed by atoms with E-state index in [0.29, 0.717) is 25.9 Å². The molecular formula is C59H113NO5. The second-order valence-electron chi connectivity index (χ2n) is 20.0. The lowest BCUT2D eigenvalue weighted by Crippen LogP contribution is -2.45. The van der Waals surface area contributed by atoms with Crippen molar-refractivity contribution in [2.75, 3.05) is 13.2 Å². The minimum atomic E-state index is -0.669. The molecule has 0 saturated carbocycles. The molecule has 0 radical (unpaired) electrons. The Hall–Kier alpha value is -1.66. The summed E-state index contributed by atoms with van der Waals surface area (Å²) in [4.78, 5) is 24.5. The number of esters is 1. The average molecular weight is 917 g/mol. The summed E-state index contributed by atoms with van der Waals surface area (Å²) in [5.41, 5.74) is 0. The van der Waals surface area contributed by atoms with Gasteiger partial charge in [0.25, 0.3) is 0 Å². The summed E-state index contributed by atoms with van der Waals surface area (Å²) in [5, 5.41) is 23.2. The Balaban J connectivity index is 3.45. The van der Waals surface area contributed by atoms with Crippen LogP contribution in [0.15, 0.2) is 24.3 Å². The number of aliphatic hydroxyl groups is 2. The highest BCUT2D eigenvalue weighted by Gasteiger charge is 2.20. The molecule has 384 valence electrons. The number of allylic oxidation sites excluding steroid dienone is 4. The van der Waals surface area contributed by atoms with Gasteiger partial charge in [0.05, 0.1) is 25.4 Å². The predicted octanol–water partition coefficient (Wildman–Crippen LogP) is 17.9. The number of unbranched alkanes of at least 4 members (excludes halogenated alkanes) is 40. The van der Waals surface area contributed by atoms with Gasteiger partial charge in [0.1, 0.15) is 0 Å². The molecular weight excluding hydrogens is 803 g/mol. The van der Waals surface area contributed by atoms with Crippen LogP contribution in [0.1, 0.15) is 316 Å². The molecule has 0 spiro atoms. The summed E-state index contributed by atoms with van der Waals surface area (Å²) in [5.74, 6) is -0.0540. The van der Waals surface area contributed by atoms with E-state index in [1.807, 2.05) is 0 Å². The van der Waals surface area contributed by atoms with Gasteiger partial charge in [-0.15, -0.1) is 0 Å². The largest absolute Gasteiger partial charge is 0.466 e. The van der Waals surface area contributed by atoms with Crippen molar-refractivity contribution in [1.29, 1.82) is 0 Å². The minimum Gasteiger partial charge on any atom is -0.466 e. The van der Waals surface area contributed by atoms with Crippen molar-refractivity contribution in [3.63, 3.8) is 0 Å². The molecule has 0 aliphatic carbocycles. The molecule has 0 aliphatic rings. The number of hydrogen-bond donors (Lipinski definition) is 3. The molecule has 0 bridgehead atoms. The van der Waals surface area contributed by atoms with Gasteiger partial charge in [0, 0.05) is 12.8 Å². The first-order valence-corrected chi connectivity index (χ1v) is 29.1. The molecule has 0 fully saturated rings. The number of nitrogens with one attached hydrogen (secondary N) is 1. The minimum absolute atomic E-state index is 0.00927. The van der Waals surface area contributed by atoms with E-state index in [-0.39, 0.29) is 18.5 Å². The zero-order chi connectivity index (χ0) is 47.2. The zero-order valence-electron chi connectivity index (χ0n) is 43.7. The smallest absolute Gasteiger partial charge is 0.305 e. The Kier molecular flexibility index (Phi) is 53.5. The fourth-order valence-corrected chi connectivity index (χ4v) is 9.04. The van der Waals surface area contributed by atoms with Crippen molar-refractivity contribution in [2.24, 2.45) is 0 Å². The van der Waals surface area contributed by atoms with E-state index in [9.17, 15) is 19.8 Å². The van der Waals surface area contributed by atoms with E-state index in [4.69, 9.17) is 4.74 Å². The molecule has 0 aromatic heterocycles. The third-order valence-corrected chi connectivity index (χ3v) is 13.5. The van der Waals surface area contributed by atoms with Crippen LogP contribution in [0.25, 0.3) is 0 Å². The summed E-state index contributed by atoms with van der Waals surface area (Å²) < 4.78 is 5.46. The zero-order valence-corrected chi connectivity index (χ0v) is 43.7. The Morgan fingerprint density at radius 3 is 1.14 bits per heavy atom. The maximum atomic E-state index is 12.4. The first-order chi connectivity index (χ1) is 32.0. The number of hydrogen-bond acceptors (Lipinski definition) is 5. The van der Waals surface area contributed by atoms with Gasteiger partial charge in [-0.05, 0) is 57.8 Å². The van der Waals surface area contributed by atoms with Gasteiger partial charge in [-0.2, -0.15) is 0 Å². The second kappa shape index (κ2) is 54.9. The monoisotopic (exact) mass is 916 g/mol. The van der Waals surface area contributed by atoms with E-state index >= 15 is 0 Å². The Morgan fingerprint density at radius 2 is 0.754 bits per heavy atom. The van der Waals surface area contributed by atoms with E-state index < -0.39 is 12.1 Å². The molecule has 0 aromatic carbocycles. The molecule has 0 aliphatic heterocycles. The van der Waals surface area contributed by atoms with Crippen LogP contribution in [0.3, 0.4) is 0 Å². The van der Waals surface area contributed by atoms with Crippen LogP contribution in [-0.4, -0.2) is 47.4 Å². The SMILES string of the molecule is CCCCCCCCCCCCCCCCCCCC(=O)OCCCCC/C=C\C=C/CCCCCCCCCCCCC(=O)NC(CO)C(O)CCCCCCCCCCCCCC. The molecule has 0 rings (SSSR count). The Labute approximate surface area is 405 Å². The normalized spacial score (nSPS) is 12.7. The molecule has 6 heteroatoms. The number of rotatable bonds is 54.